The van der Waals surface area contributed by atoms with Crippen LogP contribution in [0.5, 0.6) is 0 Å². The third-order valence-electron chi connectivity index (χ3n) is 4.23. The molecule has 0 aliphatic heterocycles. The Balaban J connectivity index is 1.56. The number of anilines is 1. The van der Waals surface area contributed by atoms with E-state index in [0.29, 0.717) is 10.7 Å². The topological polar surface area (TPSA) is 102 Å². The number of rotatable bonds is 7. The summed E-state index contributed by atoms with van der Waals surface area (Å²) in [5.74, 6) is -0.340. The number of nitrogens with one attached hydrogen (secondary N) is 1. The molecule has 2 aromatic carbocycles. The SMILES string of the molecule is Cc1ccc(S(=O)(=O)Cc2noc(CCC(=O)Nc3ccc(C)c(Cl)c3)n2)cc1. The van der Waals surface area contributed by atoms with Crippen LogP contribution in [0.2, 0.25) is 5.02 Å². The number of benzene rings is 2. The lowest BCUT2D eigenvalue weighted by Gasteiger charge is -2.06. The maximum absolute atomic E-state index is 12.4. The van der Waals surface area contributed by atoms with Crippen LogP contribution < -0.4 is 5.32 Å². The van der Waals surface area contributed by atoms with Crippen molar-refractivity contribution in [2.45, 2.75) is 37.3 Å². The van der Waals surface area contributed by atoms with Crippen LogP contribution in [-0.2, 0) is 26.8 Å². The van der Waals surface area contributed by atoms with E-state index in [-0.39, 0.29) is 41.1 Å². The van der Waals surface area contributed by atoms with Gasteiger partial charge in [-0.25, -0.2) is 8.42 Å². The summed E-state index contributed by atoms with van der Waals surface area (Å²) < 4.78 is 30.0. The van der Waals surface area contributed by atoms with Gasteiger partial charge in [-0.2, -0.15) is 4.98 Å². The van der Waals surface area contributed by atoms with Gasteiger partial charge in [-0.1, -0.05) is 40.5 Å². The van der Waals surface area contributed by atoms with Gasteiger partial charge in [0.2, 0.25) is 11.8 Å². The molecule has 0 saturated heterocycles. The van der Waals surface area contributed by atoms with Crippen molar-refractivity contribution in [3.8, 4) is 0 Å². The van der Waals surface area contributed by atoms with Crippen LogP contribution in [0.1, 0.15) is 29.3 Å². The van der Waals surface area contributed by atoms with Gasteiger partial charge in [0.05, 0.1) is 4.90 Å². The Morgan fingerprint density at radius 3 is 2.55 bits per heavy atom. The molecule has 1 amide bonds. The van der Waals surface area contributed by atoms with Crippen LogP contribution in [0, 0.1) is 13.8 Å². The Morgan fingerprint density at radius 1 is 1.14 bits per heavy atom. The van der Waals surface area contributed by atoms with Crippen molar-refractivity contribution in [2.75, 3.05) is 5.32 Å². The van der Waals surface area contributed by atoms with E-state index in [1.54, 1.807) is 36.4 Å². The fourth-order valence-corrected chi connectivity index (χ4v) is 3.92. The van der Waals surface area contributed by atoms with Crippen LogP contribution in [0.15, 0.2) is 51.9 Å². The van der Waals surface area contributed by atoms with E-state index in [2.05, 4.69) is 15.5 Å². The van der Waals surface area contributed by atoms with Crippen molar-refractivity contribution >= 4 is 33.0 Å². The Morgan fingerprint density at radius 2 is 1.86 bits per heavy atom. The van der Waals surface area contributed by atoms with Gasteiger partial charge in [0.15, 0.2) is 15.7 Å². The summed E-state index contributed by atoms with van der Waals surface area (Å²) in [6.45, 7) is 3.76. The predicted molar refractivity (Wildman–Crippen MR) is 110 cm³/mol. The molecular formula is C20H20ClN3O4S. The Kier molecular flexibility index (Phi) is 6.34. The highest BCUT2D eigenvalue weighted by atomic mass is 35.5. The largest absolute Gasteiger partial charge is 0.339 e. The lowest BCUT2D eigenvalue weighted by atomic mass is 10.2. The maximum atomic E-state index is 12.4. The number of sulfone groups is 1. The van der Waals surface area contributed by atoms with Gasteiger partial charge < -0.3 is 9.84 Å². The van der Waals surface area contributed by atoms with E-state index < -0.39 is 9.84 Å². The van der Waals surface area contributed by atoms with Crippen molar-refractivity contribution in [1.29, 1.82) is 0 Å². The predicted octanol–water partition coefficient (Wildman–Crippen LogP) is 3.89. The summed E-state index contributed by atoms with van der Waals surface area (Å²) in [7, 11) is -3.57. The lowest BCUT2D eigenvalue weighted by molar-refractivity contribution is -0.116. The average molecular weight is 434 g/mol. The second kappa shape index (κ2) is 8.75. The molecule has 1 N–H and O–H groups in total. The van der Waals surface area contributed by atoms with Crippen LogP contribution in [-0.4, -0.2) is 24.5 Å². The van der Waals surface area contributed by atoms with Crippen molar-refractivity contribution in [3.63, 3.8) is 0 Å². The maximum Gasteiger partial charge on any atom is 0.227 e. The zero-order valence-electron chi connectivity index (χ0n) is 16.0. The Bertz CT molecular complexity index is 1120. The minimum atomic E-state index is -3.57. The fourth-order valence-electron chi connectivity index (χ4n) is 2.56. The summed E-state index contributed by atoms with van der Waals surface area (Å²) in [5, 5.41) is 7.02. The molecule has 9 heteroatoms. The number of halogens is 1. The molecule has 0 fully saturated rings. The quantitative estimate of drug-likeness (QED) is 0.606. The number of aryl methyl sites for hydroxylation is 3. The van der Waals surface area contributed by atoms with Gasteiger partial charge in [-0.3, -0.25) is 4.79 Å². The highest BCUT2D eigenvalue weighted by Gasteiger charge is 2.19. The van der Waals surface area contributed by atoms with E-state index in [9.17, 15) is 13.2 Å². The monoisotopic (exact) mass is 433 g/mol. The number of amides is 1. The Hall–Kier alpha value is -2.71. The molecular weight excluding hydrogens is 414 g/mol. The molecule has 0 unspecified atom stereocenters. The van der Waals surface area contributed by atoms with Crippen molar-refractivity contribution in [3.05, 3.63) is 70.3 Å². The fraction of sp³-hybridized carbons (Fsp3) is 0.250. The first-order valence-electron chi connectivity index (χ1n) is 8.90. The van der Waals surface area contributed by atoms with Gasteiger partial charge in [0, 0.05) is 23.6 Å². The first-order chi connectivity index (χ1) is 13.7. The molecule has 1 aromatic heterocycles. The van der Waals surface area contributed by atoms with Crippen LogP contribution in [0.4, 0.5) is 5.69 Å². The summed E-state index contributed by atoms with van der Waals surface area (Å²) in [6, 6.07) is 11.8. The molecule has 0 aliphatic rings. The zero-order chi connectivity index (χ0) is 21.0. The second-order valence-electron chi connectivity index (χ2n) is 6.69. The first-order valence-corrected chi connectivity index (χ1v) is 10.9. The van der Waals surface area contributed by atoms with Gasteiger partial charge in [-0.05, 0) is 43.7 Å². The third-order valence-corrected chi connectivity index (χ3v) is 6.27. The minimum absolute atomic E-state index is 0.0614. The molecule has 0 bridgehead atoms. The number of aromatic nitrogens is 2. The molecule has 1 heterocycles. The summed E-state index contributed by atoms with van der Waals surface area (Å²) >= 11 is 6.04. The molecule has 7 nitrogen and oxygen atoms in total. The van der Waals surface area contributed by atoms with Gasteiger partial charge in [-0.15, -0.1) is 0 Å². The molecule has 0 spiro atoms. The van der Waals surface area contributed by atoms with Crippen LogP contribution in [0.25, 0.3) is 0 Å². The molecule has 152 valence electrons. The summed E-state index contributed by atoms with van der Waals surface area (Å²) in [5.41, 5.74) is 2.49. The van der Waals surface area contributed by atoms with Crippen molar-refractivity contribution < 1.29 is 17.7 Å². The first kappa shape index (κ1) is 21.0. The van der Waals surface area contributed by atoms with Gasteiger partial charge in [0.25, 0.3) is 0 Å². The van der Waals surface area contributed by atoms with Crippen molar-refractivity contribution in [2.24, 2.45) is 0 Å². The highest BCUT2D eigenvalue weighted by molar-refractivity contribution is 7.90. The summed E-state index contributed by atoms with van der Waals surface area (Å²) in [4.78, 5) is 16.4. The van der Waals surface area contributed by atoms with E-state index in [0.717, 1.165) is 11.1 Å². The number of carbonyl (C=O) groups is 1. The lowest BCUT2D eigenvalue weighted by Crippen LogP contribution is -2.12. The van der Waals surface area contributed by atoms with Gasteiger partial charge >= 0.3 is 0 Å². The Labute approximate surface area is 174 Å². The zero-order valence-corrected chi connectivity index (χ0v) is 17.5. The number of hydrogen-bond donors (Lipinski definition) is 1. The van der Waals surface area contributed by atoms with E-state index >= 15 is 0 Å². The number of carbonyl (C=O) groups excluding carboxylic acids is 1. The normalized spacial score (nSPS) is 11.4. The average Bonchev–Trinajstić information content (AvgIpc) is 3.10. The van der Waals surface area contributed by atoms with E-state index in [1.807, 2.05) is 19.9 Å². The molecule has 0 aliphatic carbocycles. The molecule has 3 rings (SSSR count). The molecule has 0 atom stereocenters. The summed E-state index contributed by atoms with van der Waals surface area (Å²) in [6.07, 6.45) is 0.306. The van der Waals surface area contributed by atoms with Crippen molar-refractivity contribution in [1.82, 2.24) is 10.1 Å². The van der Waals surface area contributed by atoms with Crippen LogP contribution >= 0.6 is 11.6 Å². The molecule has 3 aromatic rings. The second-order valence-corrected chi connectivity index (χ2v) is 9.09. The number of nitrogens with zero attached hydrogens (tertiary/aromatic N) is 2. The van der Waals surface area contributed by atoms with E-state index in [1.165, 1.54) is 0 Å². The van der Waals surface area contributed by atoms with E-state index in [4.69, 9.17) is 16.1 Å². The van der Waals surface area contributed by atoms with Crippen LogP contribution in [0.3, 0.4) is 0 Å². The minimum Gasteiger partial charge on any atom is -0.339 e. The molecule has 0 saturated carbocycles. The highest BCUT2D eigenvalue weighted by Crippen LogP contribution is 2.20. The smallest absolute Gasteiger partial charge is 0.227 e. The third kappa shape index (κ3) is 5.65. The standard InChI is InChI=1S/C20H20ClN3O4S/c1-13-3-7-16(8-4-13)29(26,27)12-18-23-20(28-24-18)10-9-19(25)22-15-6-5-14(2)17(21)11-15/h3-8,11H,9-10,12H2,1-2H3,(H,22,25). The van der Waals surface area contributed by atoms with Gasteiger partial charge in [0.1, 0.15) is 5.75 Å². The number of hydrogen-bond acceptors (Lipinski definition) is 6. The molecule has 29 heavy (non-hydrogen) atoms. The molecule has 0 radical (unpaired) electrons.